The summed E-state index contributed by atoms with van der Waals surface area (Å²) in [6.45, 7) is 18.0. The first-order valence-electron chi connectivity index (χ1n) is 6.52. The highest BCUT2D eigenvalue weighted by Gasteiger charge is 2.62. The molecule has 0 amide bonds. The lowest BCUT2D eigenvalue weighted by atomic mass is 9.74. The molecule has 0 saturated heterocycles. The highest BCUT2D eigenvalue weighted by molar-refractivity contribution is 5.36. The fraction of sp³-hybridized carbons (Fsp3) is 0.750. The van der Waals surface area contributed by atoms with Crippen LogP contribution in [0.3, 0.4) is 0 Å². The predicted molar refractivity (Wildman–Crippen MR) is 73.5 cm³/mol. The number of hydrogen-bond acceptors (Lipinski definition) is 0. The summed E-state index contributed by atoms with van der Waals surface area (Å²) >= 11 is 0. The summed E-state index contributed by atoms with van der Waals surface area (Å²) in [4.78, 5) is 0. The Hall–Kier alpha value is -0.520. The fourth-order valence-electron chi connectivity index (χ4n) is 3.21. The maximum atomic E-state index is 4.01. The van der Waals surface area contributed by atoms with Gasteiger partial charge in [0.2, 0.25) is 0 Å². The van der Waals surface area contributed by atoms with Gasteiger partial charge in [0.15, 0.2) is 0 Å². The molecule has 16 heavy (non-hydrogen) atoms. The van der Waals surface area contributed by atoms with Crippen molar-refractivity contribution in [2.75, 3.05) is 0 Å². The Balaban J connectivity index is 3.01. The molecule has 0 heteroatoms. The van der Waals surface area contributed by atoms with Crippen LogP contribution in [-0.4, -0.2) is 0 Å². The molecule has 92 valence electrons. The first-order chi connectivity index (χ1) is 7.18. The summed E-state index contributed by atoms with van der Waals surface area (Å²) in [5, 5.41) is 0. The Morgan fingerprint density at radius 2 is 1.81 bits per heavy atom. The summed E-state index contributed by atoms with van der Waals surface area (Å²) in [6, 6.07) is 0. The van der Waals surface area contributed by atoms with Crippen molar-refractivity contribution in [2.45, 2.75) is 60.8 Å². The van der Waals surface area contributed by atoms with Gasteiger partial charge in [-0.05, 0) is 35.7 Å². The van der Waals surface area contributed by atoms with Crippen molar-refractivity contribution in [2.24, 2.45) is 16.2 Å². The molecule has 0 nitrogen and oxygen atoms in total. The summed E-state index contributed by atoms with van der Waals surface area (Å²) in [6.07, 6.45) is 8.15. The molecule has 0 spiro atoms. The lowest BCUT2D eigenvalue weighted by Crippen LogP contribution is -2.20. The van der Waals surface area contributed by atoms with Gasteiger partial charge in [-0.15, -0.1) is 0 Å². The molecule has 1 rings (SSSR count). The van der Waals surface area contributed by atoms with Crippen LogP contribution < -0.4 is 0 Å². The molecule has 1 saturated carbocycles. The van der Waals surface area contributed by atoms with E-state index in [1.165, 1.54) is 18.4 Å². The molecule has 1 unspecified atom stereocenters. The summed E-state index contributed by atoms with van der Waals surface area (Å²) in [7, 11) is 0. The first-order valence-corrected chi connectivity index (χ1v) is 6.52. The van der Waals surface area contributed by atoms with E-state index in [4.69, 9.17) is 0 Å². The van der Waals surface area contributed by atoms with Crippen LogP contribution in [0.15, 0.2) is 24.3 Å². The predicted octanol–water partition coefficient (Wildman–Crippen LogP) is 5.36. The Morgan fingerprint density at radius 1 is 1.31 bits per heavy atom. The minimum atomic E-state index is 0.392. The molecule has 0 heterocycles. The third kappa shape index (κ3) is 2.42. The third-order valence-corrected chi connectivity index (χ3v) is 3.94. The van der Waals surface area contributed by atoms with Crippen molar-refractivity contribution in [3.05, 3.63) is 24.3 Å². The second-order valence-electron chi connectivity index (χ2n) is 7.15. The SMILES string of the molecule is C=CC(=CCC)C1(CC(C)(C)C)CC1(C)C. The molecule has 1 aliphatic carbocycles. The van der Waals surface area contributed by atoms with Crippen LogP contribution in [0.2, 0.25) is 0 Å². The van der Waals surface area contributed by atoms with Gasteiger partial charge in [-0.25, -0.2) is 0 Å². The molecule has 0 aromatic carbocycles. The van der Waals surface area contributed by atoms with E-state index in [1.54, 1.807) is 0 Å². The lowest BCUT2D eigenvalue weighted by Gasteiger charge is -2.30. The largest absolute Gasteiger partial charge is 0.0988 e. The minimum Gasteiger partial charge on any atom is -0.0988 e. The highest BCUT2D eigenvalue weighted by Crippen LogP contribution is 2.71. The Labute approximate surface area is 102 Å². The molecular weight excluding hydrogens is 192 g/mol. The van der Waals surface area contributed by atoms with Crippen molar-refractivity contribution in [1.82, 2.24) is 0 Å². The second-order valence-corrected chi connectivity index (χ2v) is 7.15. The van der Waals surface area contributed by atoms with Crippen molar-refractivity contribution in [1.29, 1.82) is 0 Å². The summed E-state index contributed by atoms with van der Waals surface area (Å²) < 4.78 is 0. The van der Waals surface area contributed by atoms with E-state index in [9.17, 15) is 0 Å². The van der Waals surface area contributed by atoms with Gasteiger partial charge in [-0.1, -0.05) is 60.3 Å². The van der Waals surface area contributed by atoms with E-state index in [0.29, 0.717) is 16.2 Å². The van der Waals surface area contributed by atoms with E-state index in [2.05, 4.69) is 60.3 Å². The molecule has 0 aromatic rings. The van der Waals surface area contributed by atoms with Gasteiger partial charge in [0.25, 0.3) is 0 Å². The molecule has 0 aromatic heterocycles. The average Bonchev–Trinajstić information content (AvgIpc) is 2.61. The van der Waals surface area contributed by atoms with Gasteiger partial charge in [-0.3, -0.25) is 0 Å². The zero-order valence-electron chi connectivity index (χ0n) is 12.0. The van der Waals surface area contributed by atoms with Crippen LogP contribution in [0.1, 0.15) is 60.8 Å². The van der Waals surface area contributed by atoms with Gasteiger partial charge in [0.1, 0.15) is 0 Å². The molecule has 0 radical (unpaired) electrons. The van der Waals surface area contributed by atoms with Gasteiger partial charge < -0.3 is 0 Å². The van der Waals surface area contributed by atoms with E-state index in [1.807, 2.05) is 0 Å². The number of rotatable bonds is 4. The van der Waals surface area contributed by atoms with Crippen LogP contribution in [0.4, 0.5) is 0 Å². The van der Waals surface area contributed by atoms with Crippen LogP contribution in [0, 0.1) is 16.2 Å². The maximum Gasteiger partial charge on any atom is 0.00114 e. The molecular formula is C16H28. The van der Waals surface area contributed by atoms with Crippen molar-refractivity contribution in [3.8, 4) is 0 Å². The first kappa shape index (κ1) is 13.5. The van der Waals surface area contributed by atoms with Gasteiger partial charge in [-0.2, -0.15) is 0 Å². The van der Waals surface area contributed by atoms with Crippen LogP contribution in [0.5, 0.6) is 0 Å². The Bertz CT molecular complexity index is 298. The Morgan fingerprint density at radius 3 is 2.06 bits per heavy atom. The average molecular weight is 220 g/mol. The van der Waals surface area contributed by atoms with Gasteiger partial charge >= 0.3 is 0 Å². The third-order valence-electron chi connectivity index (χ3n) is 3.94. The lowest BCUT2D eigenvalue weighted by molar-refractivity contribution is 0.269. The van der Waals surface area contributed by atoms with Crippen molar-refractivity contribution in [3.63, 3.8) is 0 Å². The zero-order chi connectivity index (χ0) is 12.6. The van der Waals surface area contributed by atoms with Crippen LogP contribution in [0.25, 0.3) is 0 Å². The van der Waals surface area contributed by atoms with Crippen LogP contribution in [-0.2, 0) is 0 Å². The topological polar surface area (TPSA) is 0 Å². The van der Waals surface area contributed by atoms with E-state index < -0.39 is 0 Å². The quantitative estimate of drug-likeness (QED) is 0.559. The molecule has 1 atom stereocenters. The normalized spacial score (nSPS) is 29.0. The number of hydrogen-bond donors (Lipinski definition) is 0. The standard InChI is InChI=1S/C16H28/c1-8-10-13(9-2)16(11-14(3,4)5)12-15(16,6)7/h9-10H,2,8,11-12H2,1,3-7H3. The van der Waals surface area contributed by atoms with Crippen molar-refractivity contribution >= 4 is 0 Å². The second kappa shape index (κ2) is 4.05. The smallest absolute Gasteiger partial charge is 0.00114 e. The van der Waals surface area contributed by atoms with Gasteiger partial charge in [0.05, 0.1) is 0 Å². The van der Waals surface area contributed by atoms with Crippen LogP contribution >= 0.6 is 0 Å². The molecule has 0 aliphatic heterocycles. The maximum absolute atomic E-state index is 4.01. The van der Waals surface area contributed by atoms with E-state index >= 15 is 0 Å². The highest BCUT2D eigenvalue weighted by atomic mass is 14.7. The summed E-state index contributed by atoms with van der Waals surface area (Å²) in [5.41, 5.74) is 2.72. The van der Waals surface area contributed by atoms with E-state index in [0.717, 1.165) is 6.42 Å². The molecule has 1 aliphatic rings. The molecule has 1 fully saturated rings. The monoisotopic (exact) mass is 220 g/mol. The van der Waals surface area contributed by atoms with Gasteiger partial charge in [0, 0.05) is 5.41 Å². The summed E-state index contributed by atoms with van der Waals surface area (Å²) in [5.74, 6) is 0. The molecule has 0 N–H and O–H groups in total. The van der Waals surface area contributed by atoms with E-state index in [-0.39, 0.29) is 0 Å². The van der Waals surface area contributed by atoms with Crippen molar-refractivity contribution < 1.29 is 0 Å². The number of allylic oxidation sites excluding steroid dienone is 3. The fourth-order valence-corrected chi connectivity index (χ4v) is 3.21. The minimum absolute atomic E-state index is 0.392. The molecule has 0 bridgehead atoms. The Kier molecular flexibility index (Phi) is 3.43. The zero-order valence-corrected chi connectivity index (χ0v) is 12.0.